The molecular formula is C20H14ClN5O2S2. The Hall–Kier alpha value is -3.14. The van der Waals surface area contributed by atoms with Gasteiger partial charge in [-0.2, -0.15) is 5.01 Å². The summed E-state index contributed by atoms with van der Waals surface area (Å²) in [7, 11) is 0. The van der Waals surface area contributed by atoms with E-state index >= 15 is 0 Å². The molecule has 0 aromatic carbocycles. The molecule has 1 aliphatic rings. The molecule has 1 N–H and O–H groups in total. The van der Waals surface area contributed by atoms with Gasteiger partial charge >= 0.3 is 0 Å². The van der Waals surface area contributed by atoms with Crippen molar-refractivity contribution in [1.29, 1.82) is 0 Å². The van der Waals surface area contributed by atoms with E-state index in [0.717, 1.165) is 31.2 Å². The van der Waals surface area contributed by atoms with E-state index in [4.69, 9.17) is 4.98 Å². The second-order valence-corrected chi connectivity index (χ2v) is 8.16. The van der Waals surface area contributed by atoms with Gasteiger partial charge < -0.3 is 0 Å². The lowest BCUT2D eigenvalue weighted by atomic mass is 10.2. The number of thiophene rings is 2. The maximum atomic E-state index is 12.4. The molecule has 30 heavy (non-hydrogen) atoms. The van der Waals surface area contributed by atoms with Gasteiger partial charge in [0.2, 0.25) is 0 Å². The van der Waals surface area contributed by atoms with Gasteiger partial charge in [0.15, 0.2) is 11.6 Å². The van der Waals surface area contributed by atoms with Crippen LogP contribution < -0.4 is 5.43 Å². The zero-order chi connectivity index (χ0) is 20.0. The van der Waals surface area contributed by atoms with Crippen LogP contribution in [0.25, 0.3) is 32.0 Å². The number of halogens is 1. The number of carbonyl (C=O) groups excluding carboxylic acids is 2. The first-order valence-corrected chi connectivity index (χ1v) is 10.4. The van der Waals surface area contributed by atoms with Gasteiger partial charge in [-0.15, -0.1) is 35.1 Å². The Kier molecular flexibility index (Phi) is 5.33. The van der Waals surface area contributed by atoms with Crippen LogP contribution in [0.1, 0.15) is 6.92 Å². The molecule has 0 unspecified atom stereocenters. The Labute approximate surface area is 185 Å². The number of carbonyl (C=O) groups is 2. The summed E-state index contributed by atoms with van der Waals surface area (Å²) in [5.41, 5.74) is 5.08. The Balaban J connectivity index is 0.00000218. The zero-order valence-electron chi connectivity index (χ0n) is 15.5. The first-order chi connectivity index (χ1) is 14.1. The van der Waals surface area contributed by atoms with Crippen LogP contribution in [0.5, 0.6) is 0 Å². The van der Waals surface area contributed by atoms with Gasteiger partial charge in [-0.3, -0.25) is 20.0 Å². The molecule has 0 atom stereocenters. The summed E-state index contributed by atoms with van der Waals surface area (Å²) in [4.78, 5) is 39.9. The van der Waals surface area contributed by atoms with Crippen LogP contribution >= 0.6 is 35.1 Å². The van der Waals surface area contributed by atoms with Gasteiger partial charge in [-0.1, -0.05) is 6.07 Å². The van der Waals surface area contributed by atoms with Gasteiger partial charge in [0.25, 0.3) is 11.8 Å². The summed E-state index contributed by atoms with van der Waals surface area (Å²) in [5.74, 6) is 0.0970. The first-order valence-electron chi connectivity index (χ1n) is 8.68. The van der Waals surface area contributed by atoms with Crippen molar-refractivity contribution >= 4 is 62.9 Å². The normalized spacial score (nSPS) is 13.5. The largest absolute Gasteiger partial charge is 0.275 e. The molecule has 150 valence electrons. The number of amides is 2. The first kappa shape index (κ1) is 20.1. The maximum Gasteiger partial charge on any atom is 0.275 e. The Morgan fingerprint density at radius 3 is 2.53 bits per heavy atom. The van der Waals surface area contributed by atoms with E-state index in [2.05, 4.69) is 15.4 Å². The molecule has 0 radical (unpaired) electrons. The van der Waals surface area contributed by atoms with Crippen molar-refractivity contribution in [3.8, 4) is 21.8 Å². The number of hydrazine groups is 1. The Morgan fingerprint density at radius 1 is 1.07 bits per heavy atom. The number of rotatable bonds is 4. The molecule has 5 rings (SSSR count). The number of pyridine rings is 1. The van der Waals surface area contributed by atoms with Crippen molar-refractivity contribution in [2.75, 3.05) is 5.43 Å². The molecule has 2 amide bonds. The topological polar surface area (TPSA) is 88.1 Å². The predicted molar refractivity (Wildman–Crippen MR) is 120 cm³/mol. The predicted octanol–water partition coefficient (Wildman–Crippen LogP) is 4.55. The molecule has 0 aliphatic carbocycles. The fraction of sp³-hybridized carbons (Fsp3) is 0.0500. The van der Waals surface area contributed by atoms with E-state index in [9.17, 15) is 9.59 Å². The number of anilines is 1. The summed E-state index contributed by atoms with van der Waals surface area (Å²) in [5, 5.41) is 5.78. The van der Waals surface area contributed by atoms with Crippen molar-refractivity contribution in [2.24, 2.45) is 0 Å². The summed E-state index contributed by atoms with van der Waals surface area (Å²) in [6.07, 6.45) is 4.65. The highest BCUT2D eigenvalue weighted by molar-refractivity contribution is 7.18. The standard InChI is InChI=1S/C20H13N5O2S2.ClH/c1-11-9-15(26)25(20(11)27)24-18-16-13(14-3-2-8-28-14)10-29-19(16)23-17(22-18)12-4-6-21-7-5-12;/h2-10H,1H3,(H,22,23,24);1H. The molecular weight excluding hydrogens is 442 g/mol. The SMILES string of the molecule is CC1=CC(=O)N(Nc2nc(-c3ccncc3)nc3scc(-c4cccs4)c23)C1=O.Cl. The Morgan fingerprint density at radius 2 is 1.87 bits per heavy atom. The molecule has 10 heteroatoms. The second kappa shape index (κ2) is 7.94. The molecule has 1 aliphatic heterocycles. The fourth-order valence-corrected chi connectivity index (χ4v) is 4.83. The van der Waals surface area contributed by atoms with Crippen molar-refractivity contribution < 1.29 is 9.59 Å². The zero-order valence-corrected chi connectivity index (χ0v) is 18.0. The van der Waals surface area contributed by atoms with Crippen LogP contribution in [-0.2, 0) is 9.59 Å². The van der Waals surface area contributed by atoms with Crippen molar-refractivity contribution in [1.82, 2.24) is 20.0 Å². The quantitative estimate of drug-likeness (QED) is 0.454. The molecule has 5 heterocycles. The van der Waals surface area contributed by atoms with Crippen LogP contribution in [0.2, 0.25) is 0 Å². The molecule has 0 fully saturated rings. The molecule has 4 aromatic heterocycles. The van der Waals surface area contributed by atoms with Gasteiger partial charge in [-0.25, -0.2) is 9.97 Å². The van der Waals surface area contributed by atoms with Gasteiger partial charge in [0.05, 0.1) is 5.39 Å². The highest BCUT2D eigenvalue weighted by Crippen LogP contribution is 2.40. The number of fused-ring (bicyclic) bond motifs is 1. The van der Waals surface area contributed by atoms with Crippen LogP contribution in [0, 0.1) is 0 Å². The van der Waals surface area contributed by atoms with Gasteiger partial charge in [0, 0.05) is 45.4 Å². The van der Waals surface area contributed by atoms with E-state index < -0.39 is 5.91 Å². The van der Waals surface area contributed by atoms with Crippen molar-refractivity contribution in [3.05, 3.63) is 59.1 Å². The number of hydrogen-bond acceptors (Lipinski definition) is 8. The highest BCUT2D eigenvalue weighted by atomic mass is 35.5. The van der Waals surface area contributed by atoms with Crippen LogP contribution in [-0.4, -0.2) is 31.8 Å². The van der Waals surface area contributed by atoms with Gasteiger partial charge in [-0.05, 0) is 30.5 Å². The molecule has 7 nitrogen and oxygen atoms in total. The van der Waals surface area contributed by atoms with Crippen molar-refractivity contribution in [2.45, 2.75) is 6.92 Å². The lowest BCUT2D eigenvalue weighted by molar-refractivity contribution is -0.135. The molecule has 4 aromatic rings. The number of nitrogens with one attached hydrogen (secondary N) is 1. The molecule has 0 spiro atoms. The average Bonchev–Trinajstić information content (AvgIpc) is 3.45. The number of nitrogens with zero attached hydrogens (tertiary/aromatic N) is 4. The fourth-order valence-electron chi connectivity index (χ4n) is 3.07. The smallest absolute Gasteiger partial charge is 0.271 e. The number of imide groups is 1. The number of aromatic nitrogens is 3. The number of hydrogen-bond donors (Lipinski definition) is 1. The lowest BCUT2D eigenvalue weighted by Gasteiger charge is -2.18. The van der Waals surface area contributed by atoms with Crippen LogP contribution in [0.3, 0.4) is 0 Å². The minimum atomic E-state index is -0.419. The molecule has 0 saturated carbocycles. The third-order valence-electron chi connectivity index (χ3n) is 4.48. The third-order valence-corrected chi connectivity index (χ3v) is 6.25. The van der Waals surface area contributed by atoms with Crippen molar-refractivity contribution in [3.63, 3.8) is 0 Å². The minimum absolute atomic E-state index is 0. The maximum absolute atomic E-state index is 12.4. The highest BCUT2D eigenvalue weighted by Gasteiger charge is 2.30. The van der Waals surface area contributed by atoms with E-state index in [1.165, 1.54) is 17.4 Å². The van der Waals surface area contributed by atoms with Crippen LogP contribution in [0.15, 0.2) is 59.1 Å². The molecule has 0 saturated heterocycles. The third kappa shape index (κ3) is 3.36. The summed E-state index contributed by atoms with van der Waals surface area (Å²) in [6.45, 7) is 1.61. The van der Waals surface area contributed by atoms with Gasteiger partial charge in [0.1, 0.15) is 4.83 Å². The van der Waals surface area contributed by atoms with E-state index in [1.807, 2.05) is 35.0 Å². The van der Waals surface area contributed by atoms with E-state index in [1.54, 1.807) is 30.7 Å². The lowest BCUT2D eigenvalue weighted by Crippen LogP contribution is -2.36. The monoisotopic (exact) mass is 455 g/mol. The van der Waals surface area contributed by atoms with E-state index in [0.29, 0.717) is 17.2 Å². The Bertz CT molecular complexity index is 1290. The summed E-state index contributed by atoms with van der Waals surface area (Å²) in [6, 6.07) is 7.63. The second-order valence-electron chi connectivity index (χ2n) is 6.36. The summed E-state index contributed by atoms with van der Waals surface area (Å²) >= 11 is 3.10. The van der Waals surface area contributed by atoms with E-state index in [-0.39, 0.29) is 18.3 Å². The average molecular weight is 456 g/mol. The van der Waals surface area contributed by atoms with Crippen LogP contribution in [0.4, 0.5) is 5.82 Å². The molecule has 0 bridgehead atoms. The summed E-state index contributed by atoms with van der Waals surface area (Å²) < 4.78 is 0. The minimum Gasteiger partial charge on any atom is -0.271 e.